The number of ketones is 1. The molecule has 11 heteroatoms. The maximum absolute atomic E-state index is 14.1. The van der Waals surface area contributed by atoms with Crippen LogP contribution < -0.4 is 10.4 Å². The molecule has 4 fully saturated rings. The van der Waals surface area contributed by atoms with Crippen LogP contribution in [-0.2, 0) is 37.6 Å². The van der Waals surface area contributed by atoms with Crippen molar-refractivity contribution in [3.8, 4) is 0 Å². The van der Waals surface area contributed by atoms with Crippen LogP contribution in [0.15, 0.2) is 60.7 Å². The summed E-state index contributed by atoms with van der Waals surface area (Å²) in [5, 5.41) is 2.62. The van der Waals surface area contributed by atoms with Crippen LogP contribution in [0.5, 0.6) is 0 Å². The lowest BCUT2D eigenvalue weighted by Crippen LogP contribution is -2.68. The monoisotopic (exact) mass is 962 g/mol. The largest absolute Gasteiger partial charge is 0.407 e. The minimum absolute atomic E-state index is 0.0365. The van der Waals surface area contributed by atoms with Gasteiger partial charge in [0.05, 0.1) is 12.7 Å². The molecule has 2 saturated carbocycles. The van der Waals surface area contributed by atoms with E-state index in [0.717, 1.165) is 57.8 Å². The van der Waals surface area contributed by atoms with E-state index in [4.69, 9.17) is 32.8 Å². The molecular weight excluding hydrogens is 888 g/mol. The summed E-state index contributed by atoms with van der Waals surface area (Å²) >= 11 is 2.72. The molecule has 4 aliphatic rings. The minimum atomic E-state index is -2.56. The van der Waals surface area contributed by atoms with Gasteiger partial charge in [0.25, 0.3) is 8.32 Å². The average Bonchev–Trinajstić information content (AvgIpc) is 3.71. The third-order valence-electron chi connectivity index (χ3n) is 13.7. The number of unbranched alkanes of at least 4 members (excludes halogenated alkanes) is 3. The summed E-state index contributed by atoms with van der Waals surface area (Å²) < 4.78 is 46.2. The van der Waals surface area contributed by atoms with E-state index >= 15 is 0 Å². The Balaban J connectivity index is 1.17. The van der Waals surface area contributed by atoms with E-state index in [0.29, 0.717) is 57.6 Å². The van der Waals surface area contributed by atoms with E-state index in [1.165, 1.54) is 10.4 Å². The fourth-order valence-corrected chi connectivity index (χ4v) is 18.6. The summed E-state index contributed by atoms with van der Waals surface area (Å²) in [5.74, 6) is 0.154. The molecule has 1 unspecified atom stereocenters. The standard InChI is InChI=1S/C48H75IO8Si2/c1-10-53-42-33-47(34-54-42)32-36(50)31-41-39(26-28-51-35-52-29-30-58(7,8)9)40(43(49)48(47)44(41)56-46(5,6)57-48)25-19-11-12-20-27-55-59(45(2,3)4,37-21-15-13-16-22-37)38-23-17-14-18-24-38/h13-18,21-24,39-44H,10-12,19-20,25-35H2,1-9H3/t39-,40-,41+,42?,43+,44-,47-,48+/m1/s1. The first-order valence-electron chi connectivity index (χ1n) is 22.7. The highest BCUT2D eigenvalue weighted by Crippen LogP contribution is 2.67. The predicted molar refractivity (Wildman–Crippen MR) is 250 cm³/mol. The Bertz CT molecular complexity index is 1590. The van der Waals surface area contributed by atoms with Crippen molar-refractivity contribution in [3.63, 3.8) is 0 Å². The molecule has 2 bridgehead atoms. The molecule has 0 aromatic heterocycles. The van der Waals surface area contributed by atoms with E-state index in [1.807, 2.05) is 6.92 Å². The van der Waals surface area contributed by atoms with Gasteiger partial charge in [0.2, 0.25) is 0 Å². The van der Waals surface area contributed by atoms with Crippen LogP contribution in [0, 0.1) is 23.2 Å². The molecule has 2 heterocycles. The molecule has 0 amide bonds. The molecule has 2 aliphatic carbocycles. The molecule has 2 aliphatic heterocycles. The lowest BCUT2D eigenvalue weighted by molar-refractivity contribution is -0.197. The third-order valence-corrected chi connectivity index (χ3v) is 22.3. The predicted octanol–water partition coefficient (Wildman–Crippen LogP) is 9.92. The zero-order valence-corrected chi connectivity index (χ0v) is 41.9. The molecule has 2 aromatic rings. The number of halogens is 1. The number of rotatable bonds is 20. The minimum Gasteiger partial charge on any atom is -0.407 e. The summed E-state index contributed by atoms with van der Waals surface area (Å²) in [6.45, 7) is 23.7. The number of carbonyl (C=O) groups excluding carboxylic acids is 1. The second-order valence-electron chi connectivity index (χ2n) is 20.6. The molecule has 6 rings (SSSR count). The van der Waals surface area contributed by atoms with Gasteiger partial charge in [0, 0.05) is 63.1 Å². The zero-order chi connectivity index (χ0) is 42.5. The third kappa shape index (κ3) is 10.4. The fraction of sp³-hybridized carbons (Fsp3) is 0.729. The SMILES string of the molecule is CCOC1C[C@@]2(CO1)CC(=O)C[C@H]1[C@H](CCOCOCC[Si](C)(C)C)[C@@H](CCCCCCO[Si](c3ccccc3)(c3ccccc3)C(C)(C)C)[C@H](I)[C@@]23OC(C)(C)O[C@H]13. The summed E-state index contributed by atoms with van der Waals surface area (Å²) in [6, 6.07) is 23.0. The number of alkyl halides is 1. The molecule has 1 spiro atoms. The van der Waals surface area contributed by atoms with Crippen LogP contribution in [0.2, 0.25) is 30.7 Å². The quantitative estimate of drug-likeness (QED) is 0.0427. The van der Waals surface area contributed by atoms with Crippen molar-refractivity contribution in [2.24, 2.45) is 23.2 Å². The Morgan fingerprint density at radius 1 is 0.847 bits per heavy atom. The van der Waals surface area contributed by atoms with Crippen molar-refractivity contribution in [3.05, 3.63) is 60.7 Å². The van der Waals surface area contributed by atoms with Gasteiger partial charge >= 0.3 is 0 Å². The van der Waals surface area contributed by atoms with E-state index in [1.54, 1.807) is 0 Å². The Morgan fingerprint density at radius 2 is 1.49 bits per heavy atom. The first kappa shape index (κ1) is 47.5. The summed E-state index contributed by atoms with van der Waals surface area (Å²) in [4.78, 5) is 14.1. The maximum atomic E-state index is 14.1. The van der Waals surface area contributed by atoms with Crippen LogP contribution in [0.3, 0.4) is 0 Å². The molecule has 8 nitrogen and oxygen atoms in total. The van der Waals surface area contributed by atoms with Gasteiger partial charge in [0.15, 0.2) is 12.1 Å². The fourth-order valence-electron chi connectivity index (χ4n) is 11.2. The van der Waals surface area contributed by atoms with Gasteiger partial charge in [0.1, 0.15) is 18.2 Å². The van der Waals surface area contributed by atoms with Crippen molar-refractivity contribution in [2.45, 2.75) is 158 Å². The van der Waals surface area contributed by atoms with Crippen LogP contribution in [0.1, 0.15) is 99.3 Å². The lowest BCUT2D eigenvalue weighted by atomic mass is 9.54. The second kappa shape index (κ2) is 19.8. The Kier molecular flexibility index (Phi) is 15.9. The van der Waals surface area contributed by atoms with Gasteiger partial charge in [-0.2, -0.15) is 0 Å². The molecule has 0 N–H and O–H groups in total. The molecule has 330 valence electrons. The maximum Gasteiger partial charge on any atom is 0.261 e. The lowest BCUT2D eigenvalue weighted by Gasteiger charge is -2.57. The highest BCUT2D eigenvalue weighted by Gasteiger charge is 2.76. The molecule has 8 atom stereocenters. The highest BCUT2D eigenvalue weighted by atomic mass is 127. The van der Waals surface area contributed by atoms with Crippen molar-refractivity contribution in [1.29, 1.82) is 0 Å². The van der Waals surface area contributed by atoms with Crippen LogP contribution in [0.25, 0.3) is 0 Å². The molecule has 2 aromatic carbocycles. The van der Waals surface area contributed by atoms with Crippen molar-refractivity contribution in [2.75, 3.05) is 39.8 Å². The van der Waals surface area contributed by atoms with Crippen LogP contribution in [-0.4, -0.2) is 89.7 Å². The summed E-state index contributed by atoms with van der Waals surface area (Å²) in [6.07, 6.45) is 7.34. The Morgan fingerprint density at radius 3 is 2.12 bits per heavy atom. The summed E-state index contributed by atoms with van der Waals surface area (Å²) in [7, 11) is -3.74. The second-order valence-corrected chi connectivity index (χ2v) is 31.8. The number of benzene rings is 2. The van der Waals surface area contributed by atoms with Crippen molar-refractivity contribution in [1.82, 2.24) is 0 Å². The molecule has 59 heavy (non-hydrogen) atoms. The van der Waals surface area contributed by atoms with E-state index in [2.05, 4.69) is 138 Å². The van der Waals surface area contributed by atoms with Gasteiger partial charge in [-0.25, -0.2) is 0 Å². The first-order valence-corrected chi connectivity index (χ1v) is 29.5. The summed E-state index contributed by atoms with van der Waals surface area (Å²) in [5.41, 5.74) is -1.17. The van der Waals surface area contributed by atoms with Gasteiger partial charge < -0.3 is 32.8 Å². The van der Waals surface area contributed by atoms with Crippen molar-refractivity contribution < 1.29 is 37.6 Å². The smallest absolute Gasteiger partial charge is 0.261 e. The van der Waals surface area contributed by atoms with Crippen LogP contribution in [0.4, 0.5) is 0 Å². The van der Waals surface area contributed by atoms with Gasteiger partial charge in [-0.3, -0.25) is 4.79 Å². The zero-order valence-electron chi connectivity index (χ0n) is 37.7. The van der Waals surface area contributed by atoms with E-state index in [-0.39, 0.29) is 33.2 Å². The van der Waals surface area contributed by atoms with Gasteiger partial charge in [-0.05, 0) is 79.2 Å². The topological polar surface area (TPSA) is 81.7 Å². The van der Waals surface area contributed by atoms with E-state index in [9.17, 15) is 4.79 Å². The Labute approximate surface area is 372 Å². The molecule has 0 radical (unpaired) electrons. The van der Waals surface area contributed by atoms with Crippen molar-refractivity contribution >= 4 is 55.1 Å². The van der Waals surface area contributed by atoms with E-state index < -0.39 is 33.2 Å². The Hall–Kier alpha value is -1.01. The number of hydrogen-bond acceptors (Lipinski definition) is 8. The van der Waals surface area contributed by atoms with Gasteiger partial charge in [-0.1, -0.05) is 143 Å². The molecule has 2 saturated heterocycles. The normalized spacial score (nSPS) is 30.8. The highest BCUT2D eigenvalue weighted by molar-refractivity contribution is 14.1. The number of hydrogen-bond donors (Lipinski definition) is 0. The molecular formula is C48H75IO8Si2. The number of Topliss-reactive ketones (excluding diaryl/α,β-unsaturated/α-hetero) is 1. The number of ether oxygens (including phenoxy) is 6. The van der Waals surface area contributed by atoms with Gasteiger partial charge in [-0.15, -0.1) is 0 Å². The average molecular weight is 963 g/mol. The van der Waals surface area contributed by atoms with Crippen LogP contribution >= 0.6 is 22.6 Å². The number of carbonyl (C=O) groups is 1. The first-order chi connectivity index (χ1) is 28.0.